The number of rotatable bonds is 3. The summed E-state index contributed by atoms with van der Waals surface area (Å²) in [4.78, 5) is 24.6. The highest BCUT2D eigenvalue weighted by molar-refractivity contribution is 6.21. The SMILES string of the molecule is CN1C(=O)c2ccc(NCC3CC3)cc2C1=O. The smallest absolute Gasteiger partial charge is 0.261 e. The van der Waals surface area contributed by atoms with E-state index >= 15 is 0 Å². The molecule has 1 aliphatic carbocycles. The van der Waals surface area contributed by atoms with Crippen molar-refractivity contribution in [2.24, 2.45) is 5.92 Å². The van der Waals surface area contributed by atoms with Crippen LogP contribution in [-0.4, -0.2) is 30.3 Å². The van der Waals surface area contributed by atoms with Gasteiger partial charge in [-0.05, 0) is 37.0 Å². The average molecular weight is 230 g/mol. The predicted octanol–water partition coefficient (Wildman–Crippen LogP) is 1.73. The summed E-state index contributed by atoms with van der Waals surface area (Å²) in [5, 5.41) is 3.30. The summed E-state index contributed by atoms with van der Waals surface area (Å²) in [7, 11) is 1.52. The largest absolute Gasteiger partial charge is 0.385 e. The molecule has 3 rings (SSSR count). The van der Waals surface area contributed by atoms with Crippen LogP contribution >= 0.6 is 0 Å². The van der Waals surface area contributed by atoms with Gasteiger partial charge in [0.25, 0.3) is 11.8 Å². The molecular weight excluding hydrogens is 216 g/mol. The summed E-state index contributed by atoms with van der Waals surface area (Å²) in [5.41, 5.74) is 1.94. The number of nitrogens with zero attached hydrogens (tertiary/aromatic N) is 1. The van der Waals surface area contributed by atoms with E-state index in [9.17, 15) is 9.59 Å². The monoisotopic (exact) mass is 230 g/mol. The zero-order chi connectivity index (χ0) is 12.0. The molecule has 4 heteroatoms. The highest BCUT2D eigenvalue weighted by atomic mass is 16.2. The van der Waals surface area contributed by atoms with E-state index in [-0.39, 0.29) is 11.8 Å². The standard InChI is InChI=1S/C13H14N2O2/c1-15-12(16)10-5-4-9(6-11(10)13(15)17)14-7-8-2-3-8/h4-6,8,14H,2-3,7H2,1H3. The Hall–Kier alpha value is -1.84. The summed E-state index contributed by atoms with van der Waals surface area (Å²) in [6.45, 7) is 0.955. The molecule has 1 N–H and O–H groups in total. The summed E-state index contributed by atoms with van der Waals surface area (Å²) < 4.78 is 0. The average Bonchev–Trinajstić information content (AvgIpc) is 3.14. The van der Waals surface area contributed by atoms with Gasteiger partial charge < -0.3 is 5.32 Å². The molecule has 0 aromatic heterocycles. The third kappa shape index (κ3) is 1.69. The number of imide groups is 1. The molecule has 0 saturated heterocycles. The van der Waals surface area contributed by atoms with Crippen LogP contribution in [0.25, 0.3) is 0 Å². The first-order valence-electron chi connectivity index (χ1n) is 5.87. The molecule has 1 aromatic rings. The van der Waals surface area contributed by atoms with Crippen molar-refractivity contribution in [1.29, 1.82) is 0 Å². The lowest BCUT2D eigenvalue weighted by Crippen LogP contribution is -2.24. The maximum atomic E-state index is 11.8. The second kappa shape index (κ2) is 3.58. The van der Waals surface area contributed by atoms with Crippen LogP contribution in [0.4, 0.5) is 5.69 Å². The van der Waals surface area contributed by atoms with Crippen LogP contribution in [0, 0.1) is 5.92 Å². The summed E-state index contributed by atoms with van der Waals surface area (Å²) in [5.74, 6) is 0.363. The van der Waals surface area contributed by atoms with Gasteiger partial charge in [0.2, 0.25) is 0 Å². The molecule has 2 amide bonds. The molecular formula is C13H14N2O2. The Labute approximate surface area is 99.6 Å². The van der Waals surface area contributed by atoms with E-state index in [2.05, 4.69) is 5.32 Å². The lowest BCUT2D eigenvalue weighted by molar-refractivity contribution is 0.0693. The Morgan fingerprint density at radius 2 is 1.94 bits per heavy atom. The molecule has 0 atom stereocenters. The highest BCUT2D eigenvalue weighted by Crippen LogP contribution is 2.30. The van der Waals surface area contributed by atoms with Crippen molar-refractivity contribution in [1.82, 2.24) is 4.90 Å². The van der Waals surface area contributed by atoms with Crippen LogP contribution in [0.3, 0.4) is 0 Å². The third-order valence-corrected chi connectivity index (χ3v) is 3.38. The zero-order valence-electron chi connectivity index (χ0n) is 9.69. The fourth-order valence-corrected chi connectivity index (χ4v) is 2.06. The molecule has 0 bridgehead atoms. The number of nitrogens with one attached hydrogen (secondary N) is 1. The first-order valence-corrected chi connectivity index (χ1v) is 5.87. The van der Waals surface area contributed by atoms with Gasteiger partial charge in [-0.15, -0.1) is 0 Å². The number of hydrogen-bond acceptors (Lipinski definition) is 3. The molecule has 1 fully saturated rings. The molecule has 1 aliphatic heterocycles. The van der Waals surface area contributed by atoms with Gasteiger partial charge in [0.1, 0.15) is 0 Å². The number of hydrogen-bond donors (Lipinski definition) is 1. The molecule has 1 heterocycles. The number of carbonyl (C=O) groups is 2. The van der Waals surface area contributed by atoms with Crippen LogP contribution < -0.4 is 5.32 Å². The van der Waals surface area contributed by atoms with E-state index in [4.69, 9.17) is 0 Å². The number of carbonyl (C=O) groups excluding carboxylic acids is 2. The Balaban J connectivity index is 1.86. The third-order valence-electron chi connectivity index (χ3n) is 3.38. The molecule has 17 heavy (non-hydrogen) atoms. The van der Waals surface area contributed by atoms with Crippen LogP contribution in [0.1, 0.15) is 33.6 Å². The van der Waals surface area contributed by atoms with Gasteiger partial charge in [0.15, 0.2) is 0 Å². The van der Waals surface area contributed by atoms with Crippen molar-refractivity contribution in [3.63, 3.8) is 0 Å². The van der Waals surface area contributed by atoms with Crippen molar-refractivity contribution in [3.05, 3.63) is 29.3 Å². The van der Waals surface area contributed by atoms with Crippen molar-refractivity contribution in [2.75, 3.05) is 18.9 Å². The van der Waals surface area contributed by atoms with E-state index in [0.29, 0.717) is 11.1 Å². The number of fused-ring (bicyclic) bond motifs is 1. The minimum absolute atomic E-state index is 0.208. The van der Waals surface area contributed by atoms with Gasteiger partial charge >= 0.3 is 0 Å². The second-order valence-electron chi connectivity index (χ2n) is 4.75. The lowest BCUT2D eigenvalue weighted by Gasteiger charge is -2.05. The Kier molecular flexibility index (Phi) is 2.18. The van der Waals surface area contributed by atoms with Crippen LogP contribution in [0.15, 0.2) is 18.2 Å². The van der Waals surface area contributed by atoms with Gasteiger partial charge in [-0.25, -0.2) is 0 Å². The van der Waals surface area contributed by atoms with E-state index in [1.807, 2.05) is 6.07 Å². The van der Waals surface area contributed by atoms with Gasteiger partial charge in [0.05, 0.1) is 11.1 Å². The maximum Gasteiger partial charge on any atom is 0.261 e. The van der Waals surface area contributed by atoms with Crippen molar-refractivity contribution >= 4 is 17.5 Å². The van der Waals surface area contributed by atoms with Gasteiger partial charge in [-0.3, -0.25) is 14.5 Å². The quantitative estimate of drug-likeness (QED) is 0.804. The molecule has 2 aliphatic rings. The topological polar surface area (TPSA) is 49.4 Å². The van der Waals surface area contributed by atoms with E-state index < -0.39 is 0 Å². The van der Waals surface area contributed by atoms with Gasteiger partial charge in [-0.1, -0.05) is 0 Å². The minimum Gasteiger partial charge on any atom is -0.385 e. The highest BCUT2D eigenvalue weighted by Gasteiger charge is 2.32. The molecule has 88 valence electrons. The Morgan fingerprint density at radius 1 is 1.24 bits per heavy atom. The van der Waals surface area contributed by atoms with Gasteiger partial charge in [0, 0.05) is 19.3 Å². The summed E-state index contributed by atoms with van der Waals surface area (Å²) in [6.07, 6.45) is 2.58. The Bertz CT molecular complexity index is 506. The van der Waals surface area contributed by atoms with Crippen LogP contribution in [0.2, 0.25) is 0 Å². The number of anilines is 1. The van der Waals surface area contributed by atoms with Crippen LogP contribution in [-0.2, 0) is 0 Å². The van der Waals surface area contributed by atoms with Gasteiger partial charge in [-0.2, -0.15) is 0 Å². The fraction of sp³-hybridized carbons (Fsp3) is 0.385. The normalized spacial score (nSPS) is 18.5. The van der Waals surface area contributed by atoms with E-state index in [1.165, 1.54) is 19.9 Å². The second-order valence-corrected chi connectivity index (χ2v) is 4.75. The number of benzene rings is 1. The first kappa shape index (κ1) is 10.3. The lowest BCUT2D eigenvalue weighted by atomic mass is 10.1. The van der Waals surface area contributed by atoms with Crippen LogP contribution in [0.5, 0.6) is 0 Å². The number of amides is 2. The molecule has 1 saturated carbocycles. The summed E-state index contributed by atoms with van der Waals surface area (Å²) >= 11 is 0. The van der Waals surface area contributed by atoms with Crippen molar-refractivity contribution in [2.45, 2.75) is 12.8 Å². The summed E-state index contributed by atoms with van der Waals surface area (Å²) in [6, 6.07) is 5.38. The van der Waals surface area contributed by atoms with E-state index in [1.54, 1.807) is 12.1 Å². The molecule has 0 radical (unpaired) electrons. The van der Waals surface area contributed by atoms with E-state index in [0.717, 1.165) is 23.0 Å². The predicted molar refractivity (Wildman–Crippen MR) is 64.1 cm³/mol. The van der Waals surface area contributed by atoms with Crippen molar-refractivity contribution < 1.29 is 9.59 Å². The zero-order valence-corrected chi connectivity index (χ0v) is 9.69. The maximum absolute atomic E-state index is 11.8. The Morgan fingerprint density at radius 3 is 2.65 bits per heavy atom. The molecule has 4 nitrogen and oxygen atoms in total. The fourth-order valence-electron chi connectivity index (χ4n) is 2.06. The first-order chi connectivity index (χ1) is 8.16. The molecule has 1 aromatic carbocycles. The van der Waals surface area contributed by atoms with Crippen molar-refractivity contribution in [3.8, 4) is 0 Å². The minimum atomic E-state index is -0.209. The molecule has 0 spiro atoms. The molecule has 0 unspecified atom stereocenters.